The van der Waals surface area contributed by atoms with Gasteiger partial charge in [0, 0.05) is 29.6 Å². The van der Waals surface area contributed by atoms with Gasteiger partial charge in [-0.1, -0.05) is 0 Å². The first-order chi connectivity index (χ1) is 8.65. The summed E-state index contributed by atoms with van der Waals surface area (Å²) in [4.78, 5) is 16.0. The highest BCUT2D eigenvalue weighted by molar-refractivity contribution is 7.99. The molecule has 1 aromatic heterocycles. The fraction of sp³-hybridized carbons (Fsp3) is 0.538. The number of hydrogen-bond acceptors (Lipinski definition) is 4. The van der Waals surface area contributed by atoms with E-state index in [1.54, 1.807) is 18.3 Å². The second-order valence-electron chi connectivity index (χ2n) is 4.61. The molecule has 1 unspecified atom stereocenters. The van der Waals surface area contributed by atoms with Gasteiger partial charge in [0.15, 0.2) is 0 Å². The van der Waals surface area contributed by atoms with Crippen LogP contribution in [0.25, 0.3) is 0 Å². The first-order valence-corrected chi connectivity index (χ1v) is 7.32. The van der Waals surface area contributed by atoms with Crippen LogP contribution in [-0.4, -0.2) is 34.5 Å². The van der Waals surface area contributed by atoms with Crippen LogP contribution in [-0.2, 0) is 0 Å². The maximum absolute atomic E-state index is 11.8. The Hall–Kier alpha value is -1.23. The van der Waals surface area contributed by atoms with Gasteiger partial charge < -0.3 is 10.1 Å². The van der Waals surface area contributed by atoms with Crippen LogP contribution >= 0.6 is 11.8 Å². The quantitative estimate of drug-likeness (QED) is 0.907. The van der Waals surface area contributed by atoms with Crippen molar-refractivity contribution in [2.75, 3.05) is 11.5 Å². The van der Waals surface area contributed by atoms with Crippen molar-refractivity contribution >= 4 is 17.7 Å². The molecular weight excluding hydrogens is 248 g/mol. The van der Waals surface area contributed by atoms with Gasteiger partial charge in [-0.05, 0) is 32.1 Å². The first kappa shape index (κ1) is 13.2. The molecule has 1 aromatic rings. The number of hydrogen-bond donors (Lipinski definition) is 1. The van der Waals surface area contributed by atoms with Crippen LogP contribution in [0.1, 0.15) is 30.6 Å². The van der Waals surface area contributed by atoms with Gasteiger partial charge in [-0.3, -0.25) is 4.79 Å². The zero-order chi connectivity index (χ0) is 13.0. The van der Waals surface area contributed by atoms with Gasteiger partial charge in [0.05, 0.1) is 0 Å². The van der Waals surface area contributed by atoms with Crippen LogP contribution in [0.3, 0.4) is 0 Å². The van der Waals surface area contributed by atoms with Crippen LogP contribution in [0.4, 0.5) is 0 Å². The number of nitrogens with one attached hydrogen (secondary N) is 1. The van der Waals surface area contributed by atoms with Gasteiger partial charge in [-0.15, -0.1) is 0 Å². The molecule has 2 rings (SSSR count). The number of carbonyl (C=O) groups is 1. The monoisotopic (exact) mass is 266 g/mol. The van der Waals surface area contributed by atoms with Crippen LogP contribution in [0.15, 0.2) is 18.3 Å². The molecule has 1 saturated heterocycles. The lowest BCUT2D eigenvalue weighted by molar-refractivity contribution is 0.0942. The highest BCUT2D eigenvalue weighted by Crippen LogP contribution is 2.22. The van der Waals surface area contributed by atoms with E-state index in [9.17, 15) is 4.79 Å². The number of amides is 1. The van der Waals surface area contributed by atoms with Crippen molar-refractivity contribution in [2.45, 2.75) is 32.4 Å². The molecular formula is C13H18N2O2S. The van der Waals surface area contributed by atoms with E-state index in [1.807, 2.05) is 25.6 Å². The lowest BCUT2D eigenvalue weighted by Gasteiger charge is -2.12. The Kier molecular flexibility index (Phi) is 4.47. The van der Waals surface area contributed by atoms with Crippen molar-refractivity contribution in [3.8, 4) is 5.88 Å². The molecule has 0 bridgehead atoms. The Morgan fingerprint density at radius 3 is 3.11 bits per heavy atom. The minimum Gasteiger partial charge on any atom is -0.473 e. The number of nitrogens with zero attached hydrogens (tertiary/aromatic N) is 1. The summed E-state index contributed by atoms with van der Waals surface area (Å²) in [5, 5.41) is 2.85. The summed E-state index contributed by atoms with van der Waals surface area (Å²) < 4.78 is 5.76. The molecule has 1 atom stereocenters. The summed E-state index contributed by atoms with van der Waals surface area (Å²) in [5.41, 5.74) is 0.597. The maximum Gasteiger partial charge on any atom is 0.251 e. The van der Waals surface area contributed by atoms with E-state index in [2.05, 4.69) is 10.3 Å². The fourth-order valence-electron chi connectivity index (χ4n) is 1.74. The number of ether oxygens (including phenoxy) is 1. The summed E-state index contributed by atoms with van der Waals surface area (Å²) in [6.45, 7) is 3.87. The summed E-state index contributed by atoms with van der Waals surface area (Å²) in [6, 6.07) is 3.54. The second kappa shape index (κ2) is 6.09. The van der Waals surface area contributed by atoms with Gasteiger partial charge in [0.1, 0.15) is 6.10 Å². The van der Waals surface area contributed by atoms with E-state index in [0.717, 1.165) is 17.9 Å². The van der Waals surface area contributed by atoms with Gasteiger partial charge in [0.2, 0.25) is 5.88 Å². The molecule has 18 heavy (non-hydrogen) atoms. The molecule has 1 N–H and O–H groups in total. The summed E-state index contributed by atoms with van der Waals surface area (Å²) in [5.74, 6) is 2.60. The zero-order valence-electron chi connectivity index (χ0n) is 10.7. The average Bonchev–Trinajstić information content (AvgIpc) is 2.81. The number of carbonyl (C=O) groups excluding carboxylic acids is 1. The lowest BCUT2D eigenvalue weighted by atomic mass is 10.2. The molecule has 4 nitrogen and oxygen atoms in total. The van der Waals surface area contributed by atoms with E-state index in [1.165, 1.54) is 0 Å². The van der Waals surface area contributed by atoms with Gasteiger partial charge >= 0.3 is 0 Å². The highest BCUT2D eigenvalue weighted by atomic mass is 32.2. The Morgan fingerprint density at radius 2 is 2.44 bits per heavy atom. The van der Waals surface area contributed by atoms with Crippen molar-refractivity contribution in [1.82, 2.24) is 10.3 Å². The summed E-state index contributed by atoms with van der Waals surface area (Å²) in [6.07, 6.45) is 2.90. The third-order valence-corrected chi connectivity index (χ3v) is 3.72. The van der Waals surface area contributed by atoms with Crippen molar-refractivity contribution in [3.05, 3.63) is 23.9 Å². The minimum atomic E-state index is -0.0851. The summed E-state index contributed by atoms with van der Waals surface area (Å²) >= 11 is 1.89. The van der Waals surface area contributed by atoms with E-state index >= 15 is 0 Å². The number of aromatic nitrogens is 1. The molecule has 1 aliphatic rings. The third-order valence-electron chi connectivity index (χ3n) is 2.59. The van der Waals surface area contributed by atoms with Gasteiger partial charge in [-0.2, -0.15) is 11.8 Å². The number of rotatable bonds is 4. The SMILES string of the molecule is CC(C)NC(=O)c1ccnc(OC2CCSC2)c1. The molecule has 0 saturated carbocycles. The average molecular weight is 266 g/mol. The van der Waals surface area contributed by atoms with E-state index < -0.39 is 0 Å². The van der Waals surface area contributed by atoms with Crippen LogP contribution in [0.5, 0.6) is 5.88 Å². The molecule has 0 spiro atoms. The topological polar surface area (TPSA) is 51.2 Å². The van der Waals surface area contributed by atoms with Crippen LogP contribution in [0.2, 0.25) is 0 Å². The minimum absolute atomic E-state index is 0.0851. The number of pyridine rings is 1. The standard InChI is InChI=1S/C13H18N2O2S/c1-9(2)15-13(16)10-3-5-14-12(7-10)17-11-4-6-18-8-11/h3,5,7,9,11H,4,6,8H2,1-2H3,(H,15,16). The Balaban J connectivity index is 2.02. The molecule has 0 radical (unpaired) electrons. The molecule has 2 heterocycles. The molecule has 0 aromatic carbocycles. The normalized spacial score (nSPS) is 18.9. The molecule has 98 valence electrons. The van der Waals surface area contributed by atoms with E-state index in [-0.39, 0.29) is 18.1 Å². The Morgan fingerprint density at radius 1 is 1.61 bits per heavy atom. The van der Waals surface area contributed by atoms with Crippen molar-refractivity contribution < 1.29 is 9.53 Å². The molecule has 1 fully saturated rings. The summed E-state index contributed by atoms with van der Waals surface area (Å²) in [7, 11) is 0. The van der Waals surface area contributed by atoms with Gasteiger partial charge in [0.25, 0.3) is 5.91 Å². The first-order valence-electron chi connectivity index (χ1n) is 6.16. The van der Waals surface area contributed by atoms with E-state index in [0.29, 0.717) is 11.4 Å². The highest BCUT2D eigenvalue weighted by Gasteiger charge is 2.18. The molecule has 0 aliphatic carbocycles. The maximum atomic E-state index is 11.8. The predicted octanol–water partition coefficient (Wildman–Crippen LogP) is 2.10. The van der Waals surface area contributed by atoms with Crippen LogP contribution < -0.4 is 10.1 Å². The Labute approximate surface area is 112 Å². The second-order valence-corrected chi connectivity index (χ2v) is 5.76. The predicted molar refractivity (Wildman–Crippen MR) is 73.2 cm³/mol. The lowest BCUT2D eigenvalue weighted by Crippen LogP contribution is -2.30. The van der Waals surface area contributed by atoms with Crippen molar-refractivity contribution in [2.24, 2.45) is 0 Å². The Bertz CT molecular complexity index is 417. The van der Waals surface area contributed by atoms with Gasteiger partial charge in [-0.25, -0.2) is 4.98 Å². The molecule has 5 heteroatoms. The zero-order valence-corrected chi connectivity index (χ0v) is 11.5. The molecule has 1 amide bonds. The van der Waals surface area contributed by atoms with E-state index in [4.69, 9.17) is 4.74 Å². The molecule has 1 aliphatic heterocycles. The third kappa shape index (κ3) is 3.63. The van der Waals surface area contributed by atoms with Crippen molar-refractivity contribution in [1.29, 1.82) is 0 Å². The fourth-order valence-corrected chi connectivity index (χ4v) is 2.83. The largest absolute Gasteiger partial charge is 0.473 e. The number of thioether (sulfide) groups is 1. The smallest absolute Gasteiger partial charge is 0.251 e. The van der Waals surface area contributed by atoms with Crippen LogP contribution in [0, 0.1) is 0 Å². The van der Waals surface area contributed by atoms with Crippen molar-refractivity contribution in [3.63, 3.8) is 0 Å².